The van der Waals surface area contributed by atoms with Crippen LogP contribution in [0.15, 0.2) is 93.8 Å². The molecule has 0 spiro atoms. The van der Waals surface area contributed by atoms with E-state index in [1.807, 2.05) is 30.6 Å². The quantitative estimate of drug-likeness (QED) is 0.530. The highest BCUT2D eigenvalue weighted by atomic mass is 32.2. The molecule has 0 fully saturated rings. The first kappa shape index (κ1) is 16.3. The molecular weight excluding hydrogens is 354 g/mol. The van der Waals surface area contributed by atoms with Crippen LogP contribution >= 0.6 is 11.8 Å². The number of aromatic nitrogens is 1. The fraction of sp³-hybridized carbons (Fsp3) is 0.0476. The van der Waals surface area contributed by atoms with E-state index < -0.39 is 0 Å². The Morgan fingerprint density at radius 2 is 1.85 bits per heavy atom. The SMILES string of the molecule is N[N+]12C=CN=CC1=C(SCc1ccccc1)N=C2c1cc2ccccc2[nH]1. The van der Waals surface area contributed by atoms with Gasteiger partial charge in [0, 0.05) is 16.7 Å². The molecule has 5 rings (SSSR count). The number of hydrogen-bond acceptors (Lipinski definition) is 4. The van der Waals surface area contributed by atoms with E-state index >= 15 is 0 Å². The predicted molar refractivity (Wildman–Crippen MR) is 112 cm³/mol. The molecule has 1 atom stereocenters. The van der Waals surface area contributed by atoms with Crippen LogP contribution in [0.5, 0.6) is 0 Å². The van der Waals surface area contributed by atoms with Crippen LogP contribution in [0.25, 0.3) is 10.9 Å². The first-order valence-corrected chi connectivity index (χ1v) is 9.70. The molecule has 27 heavy (non-hydrogen) atoms. The van der Waals surface area contributed by atoms with Crippen molar-refractivity contribution in [1.29, 1.82) is 0 Å². The Labute approximate surface area is 161 Å². The first-order chi connectivity index (χ1) is 13.2. The second-order valence-electron chi connectivity index (χ2n) is 6.52. The lowest BCUT2D eigenvalue weighted by Crippen LogP contribution is -2.53. The standard InChI is InChI=1S/C21H18N5S/c22-26-11-10-23-13-19(26)21(27-14-15-6-2-1-3-7-15)25-20(26)18-12-16-8-4-5-9-17(16)24-18/h1-13,24H,14,22H2/q+1. The smallest absolute Gasteiger partial charge is 0.282 e. The van der Waals surface area contributed by atoms with Crippen LogP contribution in [0, 0.1) is 0 Å². The predicted octanol–water partition coefficient (Wildman–Crippen LogP) is 4.28. The average Bonchev–Trinajstić information content (AvgIpc) is 3.25. The van der Waals surface area contributed by atoms with Gasteiger partial charge in [0.15, 0.2) is 5.03 Å². The molecule has 5 nitrogen and oxygen atoms in total. The minimum Gasteiger partial charge on any atom is -0.349 e. The Bertz CT molecular complexity index is 1110. The Hall–Kier alpha value is -2.93. The van der Waals surface area contributed by atoms with Crippen molar-refractivity contribution in [2.75, 3.05) is 0 Å². The molecule has 2 aliphatic rings. The fourth-order valence-electron chi connectivity index (χ4n) is 3.35. The van der Waals surface area contributed by atoms with E-state index in [-0.39, 0.29) is 4.59 Å². The van der Waals surface area contributed by atoms with Gasteiger partial charge in [-0.05, 0) is 17.7 Å². The van der Waals surface area contributed by atoms with Crippen molar-refractivity contribution in [3.63, 3.8) is 0 Å². The van der Waals surface area contributed by atoms with Crippen molar-refractivity contribution in [1.82, 2.24) is 4.98 Å². The Kier molecular flexibility index (Phi) is 3.82. The van der Waals surface area contributed by atoms with E-state index in [9.17, 15) is 0 Å². The normalized spacial score (nSPS) is 21.0. The highest BCUT2D eigenvalue weighted by Crippen LogP contribution is 2.37. The van der Waals surface area contributed by atoms with Gasteiger partial charge in [0.05, 0.1) is 12.4 Å². The zero-order valence-electron chi connectivity index (χ0n) is 14.5. The summed E-state index contributed by atoms with van der Waals surface area (Å²) in [7, 11) is 0. The van der Waals surface area contributed by atoms with Gasteiger partial charge in [-0.1, -0.05) is 60.3 Å². The molecule has 0 bridgehead atoms. The molecule has 3 aromatic rings. The Morgan fingerprint density at radius 1 is 1.04 bits per heavy atom. The van der Waals surface area contributed by atoms with E-state index in [1.165, 1.54) is 5.56 Å². The molecule has 0 saturated carbocycles. The summed E-state index contributed by atoms with van der Waals surface area (Å²) in [6.07, 6.45) is 5.41. The topological polar surface area (TPSA) is 66.5 Å². The van der Waals surface area contributed by atoms with Crippen LogP contribution in [0.3, 0.4) is 0 Å². The van der Waals surface area contributed by atoms with Gasteiger partial charge in [-0.15, -0.1) is 4.59 Å². The number of benzene rings is 2. The summed E-state index contributed by atoms with van der Waals surface area (Å²) in [6.45, 7) is 0. The molecule has 0 radical (unpaired) electrons. The van der Waals surface area contributed by atoms with E-state index in [2.05, 4.69) is 52.4 Å². The number of nitrogens with two attached hydrogens (primary N) is 1. The lowest BCUT2D eigenvalue weighted by atomic mass is 10.2. The molecule has 2 aromatic carbocycles. The summed E-state index contributed by atoms with van der Waals surface area (Å²) in [5, 5.41) is 2.05. The lowest BCUT2D eigenvalue weighted by molar-refractivity contribution is -0.750. The number of nitrogens with one attached hydrogen (secondary N) is 1. The maximum Gasteiger partial charge on any atom is 0.282 e. The maximum atomic E-state index is 6.76. The summed E-state index contributed by atoms with van der Waals surface area (Å²) in [5.41, 5.74) is 4.14. The lowest BCUT2D eigenvalue weighted by Gasteiger charge is -2.25. The fourth-order valence-corrected chi connectivity index (χ4v) is 4.35. The molecule has 1 aromatic heterocycles. The molecule has 6 heteroatoms. The van der Waals surface area contributed by atoms with E-state index in [1.54, 1.807) is 18.0 Å². The zero-order chi connectivity index (χ0) is 18.3. The molecule has 0 aliphatic carbocycles. The van der Waals surface area contributed by atoms with Crippen molar-refractivity contribution in [3.05, 3.63) is 95.0 Å². The number of allylic oxidation sites excluding steroid dienone is 1. The molecule has 0 saturated heterocycles. The summed E-state index contributed by atoms with van der Waals surface area (Å²) in [4.78, 5) is 12.7. The van der Waals surface area contributed by atoms with Crippen molar-refractivity contribution in [2.45, 2.75) is 5.75 Å². The van der Waals surface area contributed by atoms with E-state index in [0.717, 1.165) is 38.9 Å². The molecule has 2 aliphatic heterocycles. The maximum absolute atomic E-state index is 6.76. The van der Waals surface area contributed by atoms with Gasteiger partial charge in [-0.25, -0.2) is 0 Å². The molecule has 1 unspecified atom stereocenters. The van der Waals surface area contributed by atoms with Gasteiger partial charge in [-0.2, -0.15) is 10.8 Å². The number of para-hydroxylation sites is 1. The number of aliphatic imine (C=N–C) groups is 2. The first-order valence-electron chi connectivity index (χ1n) is 8.71. The van der Waals surface area contributed by atoms with Gasteiger partial charge in [0.25, 0.3) is 5.84 Å². The van der Waals surface area contributed by atoms with Crippen LogP contribution in [0.4, 0.5) is 0 Å². The number of amidine groups is 1. The van der Waals surface area contributed by atoms with Crippen LogP contribution in [0.2, 0.25) is 0 Å². The summed E-state index contributed by atoms with van der Waals surface area (Å²) >= 11 is 1.68. The largest absolute Gasteiger partial charge is 0.349 e. The number of hydrogen-bond donors (Lipinski definition) is 2. The Balaban J connectivity index is 1.54. The number of thioether (sulfide) groups is 1. The molecule has 3 N–H and O–H groups in total. The summed E-state index contributed by atoms with van der Waals surface area (Å²) < 4.78 is 0.0352. The number of fused-ring (bicyclic) bond motifs is 2. The Morgan fingerprint density at radius 3 is 2.70 bits per heavy atom. The highest BCUT2D eigenvalue weighted by molar-refractivity contribution is 8.02. The van der Waals surface area contributed by atoms with Crippen LogP contribution in [-0.2, 0) is 5.75 Å². The average molecular weight is 372 g/mol. The number of H-pyrrole nitrogens is 1. The van der Waals surface area contributed by atoms with Crippen LogP contribution in [0.1, 0.15) is 11.3 Å². The number of aromatic amines is 1. The van der Waals surface area contributed by atoms with Crippen molar-refractivity contribution in [2.24, 2.45) is 15.8 Å². The van der Waals surface area contributed by atoms with Crippen LogP contribution < -0.4 is 5.84 Å². The third-order valence-electron chi connectivity index (χ3n) is 4.75. The van der Waals surface area contributed by atoms with Gasteiger partial charge in [0.1, 0.15) is 11.9 Å². The number of quaternary nitrogens is 1. The van der Waals surface area contributed by atoms with Crippen molar-refractivity contribution in [3.8, 4) is 0 Å². The minimum atomic E-state index is 0.0352. The zero-order valence-corrected chi connectivity index (χ0v) is 15.4. The highest BCUT2D eigenvalue weighted by Gasteiger charge is 2.44. The van der Waals surface area contributed by atoms with Gasteiger partial charge >= 0.3 is 0 Å². The third kappa shape index (κ3) is 2.75. The number of nitrogens with zero attached hydrogens (tertiary/aromatic N) is 3. The summed E-state index contributed by atoms with van der Waals surface area (Å²) in [6, 6.07) is 20.7. The monoisotopic (exact) mass is 372 g/mol. The number of rotatable bonds is 4. The van der Waals surface area contributed by atoms with Gasteiger partial charge in [0.2, 0.25) is 5.70 Å². The van der Waals surface area contributed by atoms with Gasteiger partial charge in [-0.3, -0.25) is 4.99 Å². The van der Waals surface area contributed by atoms with Crippen LogP contribution in [-0.4, -0.2) is 21.6 Å². The van der Waals surface area contributed by atoms with Gasteiger partial charge < -0.3 is 4.98 Å². The van der Waals surface area contributed by atoms with Crippen molar-refractivity contribution >= 4 is 34.7 Å². The third-order valence-corrected chi connectivity index (χ3v) is 5.80. The second-order valence-corrected chi connectivity index (χ2v) is 7.49. The van der Waals surface area contributed by atoms with E-state index in [0.29, 0.717) is 0 Å². The summed E-state index contributed by atoms with van der Waals surface area (Å²) in [5.74, 6) is 8.37. The molecule has 132 valence electrons. The second kappa shape index (κ2) is 6.35. The van der Waals surface area contributed by atoms with E-state index in [4.69, 9.17) is 10.8 Å². The van der Waals surface area contributed by atoms with Crippen molar-refractivity contribution < 1.29 is 4.59 Å². The molecule has 0 amide bonds. The molecular formula is C21H18N5S+. The minimum absolute atomic E-state index is 0.0352. The molecule has 3 heterocycles.